The van der Waals surface area contributed by atoms with Gasteiger partial charge < -0.3 is 4.57 Å². The third kappa shape index (κ3) is 5.57. The minimum Gasteiger partial charge on any atom is -0.337 e. The van der Waals surface area contributed by atoms with Gasteiger partial charge in [-0.05, 0) is 55.2 Å². The highest BCUT2D eigenvalue weighted by molar-refractivity contribution is 7.22. The molecule has 0 fully saturated rings. The number of aromatic nitrogens is 3. The number of benzene rings is 2. The number of nitrogens with zero attached hydrogens (tertiary/aromatic N) is 4. The fraction of sp³-hybridized carbons (Fsp3) is 0.208. The Balaban J connectivity index is 0.00000289. The number of halogens is 2. The first-order valence-electron chi connectivity index (χ1n) is 10.1. The quantitative estimate of drug-likeness (QED) is 0.287. The Morgan fingerprint density at radius 3 is 2.81 bits per heavy atom. The first kappa shape index (κ1) is 24.0. The summed E-state index contributed by atoms with van der Waals surface area (Å²) in [4.78, 5) is 23.8. The number of amides is 1. The number of hydrogen-bond acceptors (Lipinski definition) is 4. The van der Waals surface area contributed by atoms with E-state index in [1.165, 1.54) is 5.56 Å². The zero-order valence-corrected chi connectivity index (χ0v) is 20.3. The normalized spacial score (nSPS) is 11.1. The number of carbonyl (C=O) groups is 1. The molecule has 2 aromatic carbocycles. The molecule has 0 radical (unpaired) electrons. The molecule has 32 heavy (non-hydrogen) atoms. The minimum atomic E-state index is -0.112. The number of aryl methyl sites for hydroxylation is 3. The van der Waals surface area contributed by atoms with Crippen LogP contribution in [-0.2, 0) is 11.3 Å². The second-order valence-electron chi connectivity index (χ2n) is 7.42. The molecule has 0 aliphatic rings. The van der Waals surface area contributed by atoms with Gasteiger partial charge in [0.1, 0.15) is 0 Å². The molecule has 0 aliphatic heterocycles. The fourth-order valence-corrected chi connectivity index (χ4v) is 4.84. The number of thiazole rings is 1. The number of anilines is 1. The van der Waals surface area contributed by atoms with E-state index < -0.39 is 0 Å². The number of rotatable bonds is 7. The Labute approximate surface area is 202 Å². The average Bonchev–Trinajstić information content (AvgIpc) is 3.40. The van der Waals surface area contributed by atoms with Crippen LogP contribution in [0.15, 0.2) is 61.2 Å². The first-order valence-corrected chi connectivity index (χ1v) is 11.3. The molecule has 0 aliphatic carbocycles. The standard InChI is InChI=1S/C24H23ClN4OS.ClH/c1-17-14-18(2)23-21(15-17)31-24(27-23)29(12-5-11-28-13-10-26-16-28)22(30)9-8-19-6-3-4-7-20(19)25;/h3-4,6-10,13-16H,5,11-12H2,1-2H3;1H/b9-8+;. The summed E-state index contributed by atoms with van der Waals surface area (Å²) in [6.07, 6.45) is 9.59. The Kier molecular flexibility index (Phi) is 8.07. The summed E-state index contributed by atoms with van der Waals surface area (Å²) in [5.41, 5.74) is 4.08. The molecule has 2 aromatic heterocycles. The van der Waals surface area contributed by atoms with Gasteiger partial charge in [-0.2, -0.15) is 0 Å². The van der Waals surface area contributed by atoms with E-state index in [0.717, 1.165) is 34.3 Å². The molecule has 0 bridgehead atoms. The van der Waals surface area contributed by atoms with Crippen molar-refractivity contribution >= 4 is 62.7 Å². The average molecular weight is 487 g/mol. The summed E-state index contributed by atoms with van der Waals surface area (Å²) in [6.45, 7) is 5.47. The van der Waals surface area contributed by atoms with E-state index in [1.54, 1.807) is 40.9 Å². The predicted molar refractivity (Wildman–Crippen MR) is 136 cm³/mol. The number of hydrogen-bond donors (Lipinski definition) is 0. The highest BCUT2D eigenvalue weighted by atomic mass is 35.5. The molecule has 0 saturated heterocycles. The lowest BCUT2D eigenvalue weighted by molar-refractivity contribution is -0.114. The smallest absolute Gasteiger partial charge is 0.252 e. The number of imidazole rings is 1. The maximum atomic E-state index is 13.2. The van der Waals surface area contributed by atoms with Gasteiger partial charge in [-0.15, -0.1) is 12.4 Å². The molecule has 0 atom stereocenters. The predicted octanol–water partition coefficient (Wildman–Crippen LogP) is 6.32. The second kappa shape index (κ2) is 10.8. The van der Waals surface area contributed by atoms with Gasteiger partial charge in [-0.1, -0.05) is 47.2 Å². The van der Waals surface area contributed by atoms with Crippen LogP contribution in [0.5, 0.6) is 0 Å². The fourth-order valence-electron chi connectivity index (χ4n) is 3.47. The number of fused-ring (bicyclic) bond motifs is 1. The van der Waals surface area contributed by atoms with Gasteiger partial charge >= 0.3 is 0 Å². The second-order valence-corrected chi connectivity index (χ2v) is 8.84. The summed E-state index contributed by atoms with van der Waals surface area (Å²) in [5, 5.41) is 1.33. The SMILES string of the molecule is Cc1cc(C)c2nc(N(CCCn3ccnc3)C(=O)/C=C/c3ccccc3Cl)sc2c1.Cl. The lowest BCUT2D eigenvalue weighted by atomic mass is 10.1. The molecular weight excluding hydrogens is 463 g/mol. The van der Waals surface area contributed by atoms with Gasteiger partial charge in [0.2, 0.25) is 0 Å². The molecule has 0 spiro atoms. The molecular formula is C24H24Cl2N4OS. The Bertz CT molecular complexity index is 1230. The third-order valence-electron chi connectivity index (χ3n) is 4.98. The Morgan fingerprint density at radius 1 is 1.25 bits per heavy atom. The van der Waals surface area contributed by atoms with Crippen molar-refractivity contribution in [2.24, 2.45) is 0 Å². The molecule has 1 amide bonds. The van der Waals surface area contributed by atoms with E-state index in [1.807, 2.05) is 35.0 Å². The van der Waals surface area contributed by atoms with E-state index >= 15 is 0 Å². The van der Waals surface area contributed by atoms with Crippen LogP contribution in [0, 0.1) is 13.8 Å². The summed E-state index contributed by atoms with van der Waals surface area (Å²) in [6, 6.07) is 11.7. The van der Waals surface area contributed by atoms with Crippen molar-refractivity contribution in [2.75, 3.05) is 11.4 Å². The minimum absolute atomic E-state index is 0. The van der Waals surface area contributed by atoms with Crippen molar-refractivity contribution in [2.45, 2.75) is 26.8 Å². The topological polar surface area (TPSA) is 51.0 Å². The molecule has 0 saturated carbocycles. The highest BCUT2D eigenvalue weighted by Gasteiger charge is 2.18. The van der Waals surface area contributed by atoms with E-state index in [9.17, 15) is 4.79 Å². The molecule has 166 valence electrons. The van der Waals surface area contributed by atoms with Gasteiger partial charge in [0.25, 0.3) is 5.91 Å². The van der Waals surface area contributed by atoms with Crippen LogP contribution in [0.4, 0.5) is 5.13 Å². The summed E-state index contributed by atoms with van der Waals surface area (Å²) in [7, 11) is 0. The lowest BCUT2D eigenvalue weighted by Gasteiger charge is -2.18. The van der Waals surface area contributed by atoms with Crippen molar-refractivity contribution in [1.29, 1.82) is 0 Å². The first-order chi connectivity index (χ1) is 15.0. The van der Waals surface area contributed by atoms with Crippen LogP contribution in [0.25, 0.3) is 16.3 Å². The molecule has 4 aromatic rings. The molecule has 8 heteroatoms. The Hall–Kier alpha value is -2.67. The number of carbonyl (C=O) groups excluding carboxylic acids is 1. The summed E-state index contributed by atoms with van der Waals surface area (Å²) in [5.74, 6) is -0.112. The summed E-state index contributed by atoms with van der Waals surface area (Å²) < 4.78 is 3.10. The molecule has 0 unspecified atom stereocenters. The van der Waals surface area contributed by atoms with E-state index in [2.05, 4.69) is 31.0 Å². The van der Waals surface area contributed by atoms with E-state index in [4.69, 9.17) is 16.6 Å². The van der Waals surface area contributed by atoms with Crippen LogP contribution in [0.3, 0.4) is 0 Å². The van der Waals surface area contributed by atoms with Crippen LogP contribution in [0.1, 0.15) is 23.1 Å². The van der Waals surface area contributed by atoms with Gasteiger partial charge in [0, 0.05) is 36.6 Å². The van der Waals surface area contributed by atoms with Gasteiger partial charge in [-0.25, -0.2) is 9.97 Å². The summed E-state index contributed by atoms with van der Waals surface area (Å²) >= 11 is 7.79. The van der Waals surface area contributed by atoms with Crippen LogP contribution in [0.2, 0.25) is 5.02 Å². The molecule has 4 rings (SSSR count). The molecule has 5 nitrogen and oxygen atoms in total. The van der Waals surface area contributed by atoms with Crippen molar-refractivity contribution in [3.05, 3.63) is 82.9 Å². The lowest BCUT2D eigenvalue weighted by Crippen LogP contribution is -2.30. The zero-order valence-electron chi connectivity index (χ0n) is 17.9. The van der Waals surface area contributed by atoms with Crippen molar-refractivity contribution in [3.8, 4) is 0 Å². The maximum Gasteiger partial charge on any atom is 0.252 e. The van der Waals surface area contributed by atoms with E-state index in [-0.39, 0.29) is 18.3 Å². The third-order valence-corrected chi connectivity index (χ3v) is 6.35. The molecule has 0 N–H and O–H groups in total. The largest absolute Gasteiger partial charge is 0.337 e. The van der Waals surface area contributed by atoms with Gasteiger partial charge in [0.05, 0.1) is 16.5 Å². The van der Waals surface area contributed by atoms with Crippen molar-refractivity contribution in [3.63, 3.8) is 0 Å². The van der Waals surface area contributed by atoms with Crippen LogP contribution in [-0.4, -0.2) is 27.0 Å². The molecule has 2 heterocycles. The van der Waals surface area contributed by atoms with Gasteiger partial charge in [0.15, 0.2) is 5.13 Å². The Morgan fingerprint density at radius 2 is 2.06 bits per heavy atom. The monoisotopic (exact) mass is 486 g/mol. The van der Waals surface area contributed by atoms with Crippen LogP contribution >= 0.6 is 35.3 Å². The maximum absolute atomic E-state index is 13.2. The van der Waals surface area contributed by atoms with Crippen molar-refractivity contribution < 1.29 is 4.79 Å². The van der Waals surface area contributed by atoms with Gasteiger partial charge in [-0.3, -0.25) is 9.69 Å². The van der Waals surface area contributed by atoms with Crippen LogP contribution < -0.4 is 4.90 Å². The zero-order chi connectivity index (χ0) is 21.8. The highest BCUT2D eigenvalue weighted by Crippen LogP contribution is 2.32. The van der Waals surface area contributed by atoms with E-state index in [0.29, 0.717) is 16.7 Å². The van der Waals surface area contributed by atoms with Crippen molar-refractivity contribution in [1.82, 2.24) is 14.5 Å².